The van der Waals surface area contributed by atoms with E-state index in [0.29, 0.717) is 29.9 Å². The van der Waals surface area contributed by atoms with Gasteiger partial charge in [0.1, 0.15) is 11.5 Å². The van der Waals surface area contributed by atoms with E-state index >= 15 is 0 Å². The zero-order valence-corrected chi connectivity index (χ0v) is 17.7. The second-order valence-corrected chi connectivity index (χ2v) is 9.92. The molecule has 0 saturated heterocycles. The number of ketones is 1. The van der Waals surface area contributed by atoms with Crippen molar-refractivity contribution in [3.63, 3.8) is 0 Å². The molecule has 1 aliphatic heterocycles. The van der Waals surface area contributed by atoms with Gasteiger partial charge in [0.2, 0.25) is 0 Å². The molecule has 0 aromatic heterocycles. The van der Waals surface area contributed by atoms with E-state index in [1.54, 1.807) is 12.1 Å². The van der Waals surface area contributed by atoms with Gasteiger partial charge < -0.3 is 0 Å². The molecule has 2 aliphatic carbocycles. The number of hydrazone groups is 1. The molecule has 0 amide bonds. The molecular weight excluding hydrogens is 351 g/mol. The third kappa shape index (κ3) is 3.00. The monoisotopic (exact) mass is 384 g/mol. The molecule has 4 atom stereocenters. The van der Waals surface area contributed by atoms with Crippen LogP contribution in [0.25, 0.3) is 0 Å². The summed E-state index contributed by atoms with van der Waals surface area (Å²) in [5, 5.41) is 6.70. The van der Waals surface area contributed by atoms with Crippen molar-refractivity contribution in [1.82, 2.24) is 5.01 Å². The summed E-state index contributed by atoms with van der Waals surface area (Å²) in [6.07, 6.45) is 5.88. The largest absolute Gasteiger partial charge is 0.293 e. The predicted octanol–water partition coefficient (Wildman–Crippen LogP) is 5.76. The average molecular weight is 385 g/mol. The first kappa shape index (κ1) is 19.6. The fraction of sp³-hybridized carbons (Fsp3) is 0.667. The molecule has 1 aromatic rings. The highest BCUT2D eigenvalue weighted by molar-refractivity contribution is 6.40. The van der Waals surface area contributed by atoms with E-state index in [4.69, 9.17) is 5.10 Å². The number of carbonyl (C=O) groups is 1. The first-order valence-corrected chi connectivity index (χ1v) is 10.9. The summed E-state index contributed by atoms with van der Waals surface area (Å²) in [6.45, 7) is 10.1. The molecule has 28 heavy (non-hydrogen) atoms. The van der Waals surface area contributed by atoms with Crippen LogP contribution in [0.2, 0.25) is 0 Å². The van der Waals surface area contributed by atoms with Crippen LogP contribution in [-0.2, 0) is 4.79 Å². The smallest absolute Gasteiger partial charge is 0.179 e. The van der Waals surface area contributed by atoms with Crippen LogP contribution in [-0.4, -0.2) is 23.0 Å². The van der Waals surface area contributed by atoms with Crippen molar-refractivity contribution in [1.29, 1.82) is 0 Å². The molecule has 0 N–H and O–H groups in total. The van der Waals surface area contributed by atoms with Gasteiger partial charge in [-0.25, -0.2) is 4.39 Å². The van der Waals surface area contributed by atoms with Crippen LogP contribution in [0.15, 0.2) is 29.4 Å². The zero-order valence-electron chi connectivity index (χ0n) is 17.7. The fourth-order valence-electron chi connectivity index (χ4n) is 6.18. The summed E-state index contributed by atoms with van der Waals surface area (Å²) >= 11 is 0. The first-order valence-electron chi connectivity index (χ1n) is 10.9. The van der Waals surface area contributed by atoms with E-state index in [0.717, 1.165) is 24.4 Å². The Morgan fingerprint density at radius 2 is 2.11 bits per heavy atom. The van der Waals surface area contributed by atoms with Gasteiger partial charge in [-0.15, -0.1) is 0 Å². The minimum Gasteiger partial charge on any atom is -0.293 e. The Balaban J connectivity index is 1.50. The van der Waals surface area contributed by atoms with Crippen LogP contribution in [0.1, 0.15) is 77.8 Å². The van der Waals surface area contributed by atoms with Crippen molar-refractivity contribution in [3.05, 3.63) is 35.6 Å². The van der Waals surface area contributed by atoms with Crippen molar-refractivity contribution in [2.75, 3.05) is 6.54 Å². The highest BCUT2D eigenvalue weighted by Gasteiger charge is 2.61. The molecule has 1 aromatic carbocycles. The Kier molecular flexibility index (Phi) is 4.87. The molecule has 3 aliphatic rings. The van der Waals surface area contributed by atoms with E-state index in [1.807, 2.05) is 11.1 Å². The van der Waals surface area contributed by atoms with Crippen molar-refractivity contribution in [3.8, 4) is 0 Å². The summed E-state index contributed by atoms with van der Waals surface area (Å²) in [5.74, 6) is 1.18. The maximum Gasteiger partial charge on any atom is 0.179 e. The van der Waals surface area contributed by atoms with Gasteiger partial charge in [0.15, 0.2) is 5.78 Å². The summed E-state index contributed by atoms with van der Waals surface area (Å²) in [6, 6.07) is 6.70. The maximum absolute atomic E-state index is 13.7. The zero-order chi connectivity index (χ0) is 20.1. The fourth-order valence-corrected chi connectivity index (χ4v) is 6.18. The van der Waals surface area contributed by atoms with E-state index in [9.17, 15) is 9.18 Å². The average Bonchev–Trinajstić information content (AvgIpc) is 3.22. The van der Waals surface area contributed by atoms with Crippen LogP contribution >= 0.6 is 0 Å². The first-order chi connectivity index (χ1) is 13.3. The molecule has 4 heteroatoms. The van der Waals surface area contributed by atoms with Gasteiger partial charge >= 0.3 is 0 Å². The number of halogens is 1. The number of nitrogens with zero attached hydrogens (tertiary/aromatic N) is 2. The second kappa shape index (κ2) is 6.96. The standard InChI is InChI=1S/C24H33FN2O/c1-5-11-27-21(16-7-6-8-19(25)12-16)15-20(26-27)22(28)14-18-13-17-9-10-24(18,4)23(17,2)3/h6-8,12,17-18,21H,5,9-11,13-15H2,1-4H3/t17-,18+,21?,24-/m0/s1. The molecule has 2 bridgehead atoms. The van der Waals surface area contributed by atoms with Gasteiger partial charge in [-0.2, -0.15) is 5.10 Å². The maximum atomic E-state index is 13.7. The van der Waals surface area contributed by atoms with Gasteiger partial charge in [-0.05, 0) is 66.0 Å². The summed E-state index contributed by atoms with van der Waals surface area (Å²) < 4.78 is 13.7. The minimum atomic E-state index is -0.231. The Hall–Kier alpha value is -1.71. The van der Waals surface area contributed by atoms with Gasteiger partial charge in [-0.1, -0.05) is 39.8 Å². The van der Waals surface area contributed by atoms with Crippen molar-refractivity contribution < 1.29 is 9.18 Å². The molecule has 0 radical (unpaired) electrons. The molecular formula is C24H33FN2O. The van der Waals surface area contributed by atoms with Crippen molar-refractivity contribution in [2.45, 2.75) is 72.3 Å². The predicted molar refractivity (Wildman–Crippen MR) is 111 cm³/mol. The summed E-state index contributed by atoms with van der Waals surface area (Å²) in [5.41, 5.74) is 2.19. The van der Waals surface area contributed by atoms with Gasteiger partial charge in [0.05, 0.1) is 6.04 Å². The van der Waals surface area contributed by atoms with Crippen molar-refractivity contribution >= 4 is 11.5 Å². The second-order valence-electron chi connectivity index (χ2n) is 9.92. The van der Waals surface area contributed by atoms with E-state index in [2.05, 4.69) is 27.7 Å². The van der Waals surface area contributed by atoms with Crippen LogP contribution in [0.3, 0.4) is 0 Å². The lowest BCUT2D eigenvalue weighted by Gasteiger charge is -2.39. The van der Waals surface area contributed by atoms with E-state index in [-0.39, 0.29) is 23.1 Å². The number of rotatable bonds is 6. The van der Waals surface area contributed by atoms with Gasteiger partial charge in [0, 0.05) is 19.4 Å². The van der Waals surface area contributed by atoms with Gasteiger partial charge in [-0.3, -0.25) is 9.80 Å². The van der Waals surface area contributed by atoms with Crippen LogP contribution < -0.4 is 0 Å². The SMILES string of the molecule is CCCN1N=C(C(=O)C[C@H]2C[C@@H]3CC[C@]2(C)C3(C)C)CC1c1cccc(F)c1. The molecule has 3 nitrogen and oxygen atoms in total. The Morgan fingerprint density at radius 1 is 1.32 bits per heavy atom. The molecule has 4 rings (SSSR count). The number of Topliss-reactive ketones (excluding diaryl/α,β-unsaturated/α-hetero) is 1. The van der Waals surface area contributed by atoms with Gasteiger partial charge in [0.25, 0.3) is 0 Å². The third-order valence-corrected chi connectivity index (χ3v) is 8.41. The molecule has 0 spiro atoms. The lowest BCUT2D eigenvalue weighted by Crippen LogP contribution is -2.34. The molecule has 2 fully saturated rings. The minimum absolute atomic E-state index is 0.0262. The van der Waals surface area contributed by atoms with Crippen molar-refractivity contribution in [2.24, 2.45) is 27.8 Å². The Morgan fingerprint density at radius 3 is 2.71 bits per heavy atom. The molecule has 2 saturated carbocycles. The lowest BCUT2D eigenvalue weighted by atomic mass is 9.65. The number of hydrogen-bond donors (Lipinski definition) is 0. The molecule has 1 heterocycles. The molecule has 1 unspecified atom stereocenters. The number of hydrogen-bond acceptors (Lipinski definition) is 3. The Bertz CT molecular complexity index is 802. The van der Waals surface area contributed by atoms with Crippen LogP contribution in [0, 0.1) is 28.5 Å². The van der Waals surface area contributed by atoms with Crippen LogP contribution in [0.4, 0.5) is 4.39 Å². The highest BCUT2D eigenvalue weighted by Crippen LogP contribution is 2.68. The normalized spacial score (nSPS) is 33.4. The summed E-state index contributed by atoms with van der Waals surface area (Å²) in [7, 11) is 0. The number of benzene rings is 1. The number of fused-ring (bicyclic) bond motifs is 2. The molecule has 152 valence electrons. The third-order valence-electron chi connectivity index (χ3n) is 8.41. The van der Waals surface area contributed by atoms with Crippen LogP contribution in [0.5, 0.6) is 0 Å². The lowest BCUT2D eigenvalue weighted by molar-refractivity contribution is -0.115. The summed E-state index contributed by atoms with van der Waals surface area (Å²) in [4.78, 5) is 13.2. The quantitative estimate of drug-likeness (QED) is 0.624. The highest BCUT2D eigenvalue weighted by atomic mass is 19.1. The van der Waals surface area contributed by atoms with E-state index in [1.165, 1.54) is 25.3 Å². The topological polar surface area (TPSA) is 32.7 Å². The Labute approximate surface area is 168 Å². The van der Waals surface area contributed by atoms with E-state index < -0.39 is 0 Å². The number of carbonyl (C=O) groups excluding carboxylic acids is 1.